The molecule has 2 aromatic carbocycles. The van der Waals surface area contributed by atoms with Crippen molar-refractivity contribution in [2.45, 2.75) is 50.3 Å². The summed E-state index contributed by atoms with van der Waals surface area (Å²) in [7, 11) is -3.67. The van der Waals surface area contributed by atoms with E-state index in [1.807, 2.05) is 0 Å². The number of esters is 1. The quantitative estimate of drug-likeness (QED) is 0.318. The zero-order valence-electron chi connectivity index (χ0n) is 20.1. The molecular weight excluding hydrogens is 527 g/mol. The predicted molar refractivity (Wildman–Crippen MR) is 139 cm³/mol. The molecule has 0 aromatic heterocycles. The van der Waals surface area contributed by atoms with Gasteiger partial charge in [0.05, 0.1) is 16.5 Å². The van der Waals surface area contributed by atoms with Crippen molar-refractivity contribution in [2.24, 2.45) is 0 Å². The zero-order valence-corrected chi connectivity index (χ0v) is 22.4. The van der Waals surface area contributed by atoms with Gasteiger partial charge in [0.1, 0.15) is 5.75 Å². The van der Waals surface area contributed by atoms with Gasteiger partial charge >= 0.3 is 5.97 Å². The molecule has 0 bridgehead atoms. The fourth-order valence-electron chi connectivity index (χ4n) is 3.78. The van der Waals surface area contributed by atoms with Crippen LogP contribution in [-0.4, -0.2) is 50.9 Å². The van der Waals surface area contributed by atoms with Crippen LogP contribution in [0.15, 0.2) is 41.3 Å². The smallest absolute Gasteiger partial charge is 0.306 e. The summed E-state index contributed by atoms with van der Waals surface area (Å²) in [5.41, 5.74) is 0.925. The summed E-state index contributed by atoms with van der Waals surface area (Å²) in [4.78, 5) is 24.4. The number of aryl methyl sites for hydroxylation is 1. The Kier molecular flexibility index (Phi) is 10.4. The van der Waals surface area contributed by atoms with Crippen LogP contribution in [0.5, 0.6) is 5.75 Å². The van der Waals surface area contributed by atoms with Crippen LogP contribution in [-0.2, 0) is 24.3 Å². The van der Waals surface area contributed by atoms with E-state index in [1.54, 1.807) is 37.3 Å². The van der Waals surface area contributed by atoms with Gasteiger partial charge in [-0.3, -0.25) is 9.59 Å². The molecule has 11 heteroatoms. The maximum Gasteiger partial charge on any atom is 0.306 e. The average molecular weight is 557 g/mol. The number of carbonyl (C=O) groups is 2. The van der Waals surface area contributed by atoms with Crippen molar-refractivity contribution in [3.05, 3.63) is 52.0 Å². The van der Waals surface area contributed by atoms with Gasteiger partial charge in [0.15, 0.2) is 6.61 Å². The fourth-order valence-corrected chi connectivity index (χ4v) is 6.01. The Morgan fingerprint density at radius 3 is 2.44 bits per heavy atom. The molecule has 0 unspecified atom stereocenters. The van der Waals surface area contributed by atoms with E-state index >= 15 is 0 Å². The molecule has 1 heterocycles. The lowest BCUT2D eigenvalue weighted by molar-refractivity contribution is -0.147. The predicted octanol–water partition coefficient (Wildman–Crippen LogP) is 5.21. The molecule has 196 valence electrons. The average Bonchev–Trinajstić information content (AvgIpc) is 3.13. The van der Waals surface area contributed by atoms with Gasteiger partial charge in [-0.05, 0) is 62.1 Å². The third-order valence-electron chi connectivity index (χ3n) is 5.70. The van der Waals surface area contributed by atoms with E-state index in [-0.39, 0.29) is 17.9 Å². The lowest BCUT2D eigenvalue weighted by Gasteiger charge is -2.21. The van der Waals surface area contributed by atoms with E-state index in [0.717, 1.165) is 25.7 Å². The number of hydrogen-bond acceptors (Lipinski definition) is 6. The number of nitrogens with zero attached hydrogens (tertiary/aromatic N) is 1. The van der Waals surface area contributed by atoms with Crippen LogP contribution in [0.4, 0.5) is 5.69 Å². The zero-order chi connectivity index (χ0) is 26.1. The molecular formula is C25H30Cl2N2O6S. The monoisotopic (exact) mass is 556 g/mol. The Balaban J connectivity index is 1.46. The summed E-state index contributed by atoms with van der Waals surface area (Å²) < 4.78 is 38.4. The minimum Gasteiger partial charge on any atom is -0.492 e. The number of benzene rings is 2. The number of ether oxygens (including phenoxy) is 2. The number of amides is 1. The van der Waals surface area contributed by atoms with E-state index < -0.39 is 28.5 Å². The van der Waals surface area contributed by atoms with Gasteiger partial charge in [-0.2, -0.15) is 4.31 Å². The van der Waals surface area contributed by atoms with Gasteiger partial charge in [0.2, 0.25) is 10.0 Å². The summed E-state index contributed by atoms with van der Waals surface area (Å²) >= 11 is 11.9. The van der Waals surface area contributed by atoms with E-state index in [4.69, 9.17) is 32.7 Å². The van der Waals surface area contributed by atoms with Crippen molar-refractivity contribution >= 4 is 50.8 Å². The lowest BCUT2D eigenvalue weighted by atomic mass is 10.2. The third-order valence-corrected chi connectivity index (χ3v) is 8.27. The second-order valence-electron chi connectivity index (χ2n) is 8.53. The topological polar surface area (TPSA) is 102 Å². The van der Waals surface area contributed by atoms with Gasteiger partial charge in [-0.15, -0.1) is 0 Å². The standard InChI is InChI=1S/C25H30Cl2N2O6S/c1-18-8-10-20(16-23(18)36(32,33)29-12-4-2-3-5-13-29)28-24(30)17-35-25(31)7-6-14-34-22-11-9-19(26)15-21(22)27/h8-11,15-16H,2-7,12-14,17H2,1H3,(H,28,30). The Morgan fingerprint density at radius 1 is 1.03 bits per heavy atom. The van der Waals surface area contributed by atoms with Crippen LogP contribution in [0.25, 0.3) is 0 Å². The molecule has 0 radical (unpaired) electrons. The first kappa shape index (κ1) is 28.2. The SMILES string of the molecule is Cc1ccc(NC(=O)COC(=O)CCCOc2ccc(Cl)cc2Cl)cc1S(=O)(=O)N1CCCCCC1. The molecule has 1 N–H and O–H groups in total. The van der Waals surface area contributed by atoms with Gasteiger partial charge in [-0.1, -0.05) is 42.1 Å². The summed E-state index contributed by atoms with van der Waals surface area (Å²) in [5.74, 6) is -0.650. The van der Waals surface area contributed by atoms with Crippen LogP contribution in [0.3, 0.4) is 0 Å². The van der Waals surface area contributed by atoms with Crippen LogP contribution in [0.2, 0.25) is 10.0 Å². The summed E-state index contributed by atoms with van der Waals surface area (Å²) in [6.45, 7) is 2.46. The van der Waals surface area contributed by atoms with Gasteiger partial charge in [0, 0.05) is 30.2 Å². The molecule has 0 atom stereocenters. The van der Waals surface area contributed by atoms with Crippen LogP contribution in [0, 0.1) is 6.92 Å². The van der Waals surface area contributed by atoms with Gasteiger partial charge in [-0.25, -0.2) is 8.42 Å². The molecule has 0 aliphatic carbocycles. The second-order valence-corrected chi connectivity index (χ2v) is 11.3. The van der Waals surface area contributed by atoms with Crippen LogP contribution >= 0.6 is 23.2 Å². The van der Waals surface area contributed by atoms with E-state index in [2.05, 4.69) is 5.32 Å². The number of nitrogens with one attached hydrogen (secondary N) is 1. The van der Waals surface area contributed by atoms with Crippen molar-refractivity contribution in [2.75, 3.05) is 31.6 Å². The molecule has 0 spiro atoms. The Bertz CT molecular complexity index is 1180. The minimum atomic E-state index is -3.67. The molecule has 1 aliphatic heterocycles. The summed E-state index contributed by atoms with van der Waals surface area (Å²) in [6, 6.07) is 9.58. The lowest BCUT2D eigenvalue weighted by Crippen LogP contribution is -2.32. The largest absolute Gasteiger partial charge is 0.492 e. The van der Waals surface area contributed by atoms with Crippen molar-refractivity contribution in [1.82, 2.24) is 4.31 Å². The number of carbonyl (C=O) groups excluding carboxylic acids is 2. The Labute approximate surface area is 221 Å². The maximum absolute atomic E-state index is 13.2. The van der Waals surface area contributed by atoms with E-state index in [9.17, 15) is 18.0 Å². The van der Waals surface area contributed by atoms with Crippen molar-refractivity contribution < 1.29 is 27.5 Å². The highest BCUT2D eigenvalue weighted by atomic mass is 35.5. The fraction of sp³-hybridized carbons (Fsp3) is 0.440. The molecule has 1 fully saturated rings. The molecule has 0 saturated carbocycles. The molecule has 8 nitrogen and oxygen atoms in total. The molecule has 2 aromatic rings. The van der Waals surface area contributed by atoms with Crippen LogP contribution in [0.1, 0.15) is 44.1 Å². The molecule has 1 amide bonds. The summed E-state index contributed by atoms with van der Waals surface area (Å²) in [5, 5.41) is 3.47. The molecule has 3 rings (SSSR count). The summed E-state index contributed by atoms with van der Waals surface area (Å²) in [6.07, 6.45) is 4.13. The number of rotatable bonds is 10. The van der Waals surface area contributed by atoms with Crippen molar-refractivity contribution in [1.29, 1.82) is 0 Å². The Hall–Kier alpha value is -2.33. The number of hydrogen-bond donors (Lipinski definition) is 1. The first-order chi connectivity index (χ1) is 17.2. The molecule has 1 saturated heterocycles. The first-order valence-electron chi connectivity index (χ1n) is 11.8. The van der Waals surface area contributed by atoms with Crippen LogP contribution < -0.4 is 10.1 Å². The molecule has 36 heavy (non-hydrogen) atoms. The van der Waals surface area contributed by atoms with Gasteiger partial charge < -0.3 is 14.8 Å². The number of sulfonamides is 1. The first-order valence-corrected chi connectivity index (χ1v) is 14.0. The van der Waals surface area contributed by atoms with E-state index in [1.165, 1.54) is 10.4 Å². The highest BCUT2D eigenvalue weighted by Crippen LogP contribution is 2.28. The Morgan fingerprint density at radius 2 is 1.75 bits per heavy atom. The highest BCUT2D eigenvalue weighted by Gasteiger charge is 2.27. The van der Waals surface area contributed by atoms with Gasteiger partial charge in [0.25, 0.3) is 5.91 Å². The number of halogens is 2. The third kappa shape index (κ3) is 8.09. The number of anilines is 1. The maximum atomic E-state index is 13.2. The van der Waals surface area contributed by atoms with Crippen molar-refractivity contribution in [3.63, 3.8) is 0 Å². The minimum absolute atomic E-state index is 0.0568. The van der Waals surface area contributed by atoms with Crippen molar-refractivity contribution in [3.8, 4) is 5.75 Å². The van der Waals surface area contributed by atoms with E-state index in [0.29, 0.717) is 46.6 Å². The highest BCUT2D eigenvalue weighted by molar-refractivity contribution is 7.89. The second kappa shape index (κ2) is 13.3. The normalized spacial score (nSPS) is 14.6. The molecule has 1 aliphatic rings.